The van der Waals surface area contributed by atoms with Crippen LogP contribution in [0, 0.1) is 0 Å². The molecule has 0 radical (unpaired) electrons. The summed E-state index contributed by atoms with van der Waals surface area (Å²) in [5, 5.41) is 0. The first-order valence-corrected chi connectivity index (χ1v) is 9.08. The molecule has 0 saturated carbocycles. The quantitative estimate of drug-likeness (QED) is 0.788. The predicted octanol–water partition coefficient (Wildman–Crippen LogP) is 2.82. The lowest BCUT2D eigenvalue weighted by molar-refractivity contribution is -0.131. The van der Waals surface area contributed by atoms with Crippen molar-refractivity contribution < 1.29 is 14.4 Å². The third-order valence-electron chi connectivity index (χ3n) is 5.25. The number of rotatable bonds is 3. The molecule has 2 aromatic carbocycles. The zero-order chi connectivity index (χ0) is 19.1. The molecule has 0 aliphatic carbocycles. The van der Waals surface area contributed by atoms with Crippen LogP contribution in [0.15, 0.2) is 54.6 Å². The largest absolute Gasteiger partial charge is 0.332 e. The molecule has 2 aliphatic heterocycles. The normalized spacial score (nSPS) is 21.8. The number of anilines is 2. The van der Waals surface area contributed by atoms with Gasteiger partial charge in [-0.25, -0.2) is 4.79 Å². The van der Waals surface area contributed by atoms with E-state index in [4.69, 9.17) is 0 Å². The number of benzene rings is 2. The molecular formula is C21H21N3O3. The minimum absolute atomic E-state index is 0.00496. The van der Waals surface area contributed by atoms with Crippen molar-refractivity contribution in [3.63, 3.8) is 0 Å². The van der Waals surface area contributed by atoms with E-state index in [9.17, 15) is 14.4 Å². The van der Waals surface area contributed by atoms with Gasteiger partial charge in [-0.05, 0) is 44.0 Å². The van der Waals surface area contributed by atoms with E-state index in [1.807, 2.05) is 49.4 Å². The molecule has 6 nitrogen and oxygen atoms in total. The zero-order valence-electron chi connectivity index (χ0n) is 15.3. The second-order valence-corrected chi connectivity index (χ2v) is 7.03. The van der Waals surface area contributed by atoms with Crippen LogP contribution in [-0.4, -0.2) is 41.4 Å². The molecule has 4 rings (SSSR count). The third kappa shape index (κ3) is 2.77. The van der Waals surface area contributed by atoms with Crippen molar-refractivity contribution in [2.75, 3.05) is 16.3 Å². The highest BCUT2D eigenvalue weighted by atomic mass is 16.2. The van der Waals surface area contributed by atoms with Crippen LogP contribution < -0.4 is 9.80 Å². The van der Waals surface area contributed by atoms with Gasteiger partial charge in [0, 0.05) is 17.4 Å². The molecule has 0 spiro atoms. The zero-order valence-corrected chi connectivity index (χ0v) is 15.3. The number of urea groups is 1. The first-order valence-electron chi connectivity index (χ1n) is 9.08. The fourth-order valence-corrected chi connectivity index (χ4v) is 3.95. The van der Waals surface area contributed by atoms with Gasteiger partial charge in [0.2, 0.25) is 5.91 Å². The number of hydrogen-bond acceptors (Lipinski definition) is 3. The molecule has 2 heterocycles. The van der Waals surface area contributed by atoms with Gasteiger partial charge in [0.15, 0.2) is 0 Å². The van der Waals surface area contributed by atoms with Crippen molar-refractivity contribution in [3.8, 4) is 0 Å². The van der Waals surface area contributed by atoms with Gasteiger partial charge in [-0.3, -0.25) is 19.4 Å². The summed E-state index contributed by atoms with van der Waals surface area (Å²) in [5.41, 5.74) is 2.62. The number of para-hydroxylation sites is 2. The summed E-state index contributed by atoms with van der Waals surface area (Å²) in [6.07, 6.45) is 0.774. The number of amides is 4. The van der Waals surface area contributed by atoms with Gasteiger partial charge in [0.1, 0.15) is 12.6 Å². The molecule has 1 saturated heterocycles. The second-order valence-electron chi connectivity index (χ2n) is 7.03. The van der Waals surface area contributed by atoms with Gasteiger partial charge in [0.05, 0.1) is 0 Å². The Morgan fingerprint density at radius 1 is 1.00 bits per heavy atom. The molecular weight excluding hydrogens is 342 g/mol. The maximum absolute atomic E-state index is 13.0. The Morgan fingerprint density at radius 2 is 1.67 bits per heavy atom. The number of nitrogens with zero attached hydrogens (tertiary/aromatic N) is 3. The minimum Gasteiger partial charge on any atom is -0.307 e. The molecule has 27 heavy (non-hydrogen) atoms. The average Bonchev–Trinajstić information content (AvgIpc) is 3.11. The molecule has 0 aromatic heterocycles. The van der Waals surface area contributed by atoms with Crippen LogP contribution in [0.5, 0.6) is 0 Å². The molecule has 0 bridgehead atoms. The van der Waals surface area contributed by atoms with Gasteiger partial charge in [-0.1, -0.05) is 36.4 Å². The molecule has 0 N–H and O–H groups in total. The Balaban J connectivity index is 1.57. The summed E-state index contributed by atoms with van der Waals surface area (Å²) in [4.78, 5) is 42.7. The highest BCUT2D eigenvalue weighted by molar-refractivity contribution is 6.16. The topological polar surface area (TPSA) is 60.9 Å². The van der Waals surface area contributed by atoms with Crippen LogP contribution in [0.2, 0.25) is 0 Å². The summed E-state index contributed by atoms with van der Waals surface area (Å²) in [5.74, 6) is -0.589. The molecule has 0 unspecified atom stereocenters. The van der Waals surface area contributed by atoms with Crippen molar-refractivity contribution in [2.45, 2.75) is 32.4 Å². The molecule has 138 valence electrons. The standard InChI is InChI=1S/C21H21N3O3/c1-14-12-16-8-6-7-11-18(16)23(14)19(25)13-22-20(26)15(2)24(21(22)27)17-9-4-3-5-10-17/h3-11,14-15H,12-13H2,1-2H3/t14-,15+/m0/s1. The molecule has 1 fully saturated rings. The Kier molecular flexibility index (Phi) is 4.18. The fourth-order valence-electron chi connectivity index (χ4n) is 3.95. The van der Waals surface area contributed by atoms with E-state index in [-0.39, 0.29) is 24.4 Å². The van der Waals surface area contributed by atoms with Crippen LogP contribution in [0.1, 0.15) is 19.4 Å². The number of carbonyl (C=O) groups excluding carboxylic acids is 3. The number of imide groups is 1. The lowest BCUT2D eigenvalue weighted by atomic mass is 10.1. The van der Waals surface area contributed by atoms with Gasteiger partial charge >= 0.3 is 6.03 Å². The first-order chi connectivity index (χ1) is 13.0. The van der Waals surface area contributed by atoms with Crippen molar-refractivity contribution in [2.24, 2.45) is 0 Å². The molecule has 4 amide bonds. The van der Waals surface area contributed by atoms with Crippen LogP contribution in [0.4, 0.5) is 16.2 Å². The van der Waals surface area contributed by atoms with Gasteiger partial charge < -0.3 is 4.90 Å². The maximum Gasteiger partial charge on any atom is 0.332 e. The maximum atomic E-state index is 13.0. The van der Waals surface area contributed by atoms with Crippen LogP contribution >= 0.6 is 0 Å². The fraction of sp³-hybridized carbons (Fsp3) is 0.286. The average molecular weight is 363 g/mol. The summed E-state index contributed by atoms with van der Waals surface area (Å²) < 4.78 is 0. The molecule has 2 aromatic rings. The van der Waals surface area contributed by atoms with E-state index >= 15 is 0 Å². The van der Waals surface area contributed by atoms with Gasteiger partial charge in [-0.2, -0.15) is 0 Å². The highest BCUT2D eigenvalue weighted by Gasteiger charge is 2.45. The van der Waals surface area contributed by atoms with Gasteiger partial charge in [-0.15, -0.1) is 0 Å². The lowest BCUT2D eigenvalue weighted by Crippen LogP contribution is -2.45. The Bertz CT molecular complexity index is 912. The van der Waals surface area contributed by atoms with Crippen molar-refractivity contribution in [3.05, 3.63) is 60.2 Å². The Labute approximate surface area is 158 Å². The van der Waals surface area contributed by atoms with E-state index in [2.05, 4.69) is 0 Å². The van der Waals surface area contributed by atoms with E-state index in [1.165, 1.54) is 4.90 Å². The van der Waals surface area contributed by atoms with Crippen LogP contribution in [0.3, 0.4) is 0 Å². The summed E-state index contributed by atoms with van der Waals surface area (Å²) in [6.45, 7) is 3.42. The van der Waals surface area contributed by atoms with E-state index in [1.54, 1.807) is 24.0 Å². The lowest BCUT2D eigenvalue weighted by Gasteiger charge is -2.25. The number of fused-ring (bicyclic) bond motifs is 1. The van der Waals surface area contributed by atoms with E-state index in [0.717, 1.165) is 22.6 Å². The third-order valence-corrected chi connectivity index (χ3v) is 5.25. The first kappa shape index (κ1) is 17.3. The van der Waals surface area contributed by atoms with Crippen LogP contribution in [0.25, 0.3) is 0 Å². The van der Waals surface area contributed by atoms with E-state index < -0.39 is 12.1 Å². The van der Waals surface area contributed by atoms with Gasteiger partial charge in [0.25, 0.3) is 5.91 Å². The highest BCUT2D eigenvalue weighted by Crippen LogP contribution is 2.32. The van der Waals surface area contributed by atoms with E-state index in [0.29, 0.717) is 5.69 Å². The SMILES string of the molecule is C[C@@H]1C(=O)N(CC(=O)N2c3ccccc3C[C@@H]2C)C(=O)N1c1ccccc1. The Hall–Kier alpha value is -3.15. The van der Waals surface area contributed by atoms with Crippen molar-refractivity contribution >= 4 is 29.2 Å². The van der Waals surface area contributed by atoms with Crippen LogP contribution in [-0.2, 0) is 16.0 Å². The Morgan fingerprint density at radius 3 is 2.41 bits per heavy atom. The number of hydrogen-bond donors (Lipinski definition) is 0. The summed E-state index contributed by atoms with van der Waals surface area (Å²) in [6, 6.07) is 15.7. The molecule has 2 atom stereocenters. The molecule has 6 heteroatoms. The predicted molar refractivity (Wildman–Crippen MR) is 103 cm³/mol. The summed E-state index contributed by atoms with van der Waals surface area (Å²) in [7, 11) is 0. The monoisotopic (exact) mass is 363 g/mol. The second kappa shape index (κ2) is 6.54. The van der Waals surface area contributed by atoms with Crippen molar-refractivity contribution in [1.29, 1.82) is 0 Å². The van der Waals surface area contributed by atoms with Crippen molar-refractivity contribution in [1.82, 2.24) is 4.90 Å². The number of carbonyl (C=O) groups is 3. The smallest absolute Gasteiger partial charge is 0.307 e. The summed E-state index contributed by atoms with van der Waals surface area (Å²) >= 11 is 0. The minimum atomic E-state index is -0.629. The molecule has 2 aliphatic rings.